The van der Waals surface area contributed by atoms with E-state index >= 15 is 0 Å². The number of aromatic nitrogens is 5. The zero-order valence-corrected chi connectivity index (χ0v) is 13.0. The molecule has 0 aliphatic heterocycles. The minimum absolute atomic E-state index is 0.738. The molecule has 0 saturated carbocycles. The number of nitrogens with one attached hydrogen (secondary N) is 2. The van der Waals surface area contributed by atoms with Gasteiger partial charge in [-0.2, -0.15) is 5.10 Å². The summed E-state index contributed by atoms with van der Waals surface area (Å²) in [5.74, 6) is 0.794. The summed E-state index contributed by atoms with van der Waals surface area (Å²) >= 11 is 1.67. The Morgan fingerprint density at radius 3 is 2.96 bits per heavy atom. The van der Waals surface area contributed by atoms with Crippen molar-refractivity contribution < 1.29 is 0 Å². The summed E-state index contributed by atoms with van der Waals surface area (Å²) in [5, 5.41) is 14.2. The Morgan fingerprint density at radius 1 is 1.13 bits per heavy atom. The molecule has 0 aliphatic rings. The molecule has 4 aromatic rings. The molecular weight excluding hydrogens is 308 g/mol. The highest BCUT2D eigenvalue weighted by Crippen LogP contribution is 2.23. The monoisotopic (exact) mass is 322 g/mol. The van der Waals surface area contributed by atoms with Gasteiger partial charge in [0.1, 0.15) is 17.2 Å². The van der Waals surface area contributed by atoms with Crippen molar-refractivity contribution in [2.75, 3.05) is 11.9 Å². The van der Waals surface area contributed by atoms with Crippen LogP contribution in [0.5, 0.6) is 0 Å². The van der Waals surface area contributed by atoms with Crippen molar-refractivity contribution in [3.05, 3.63) is 53.9 Å². The molecule has 0 saturated heterocycles. The van der Waals surface area contributed by atoms with Crippen molar-refractivity contribution in [3.8, 4) is 10.6 Å². The lowest BCUT2D eigenvalue weighted by Crippen LogP contribution is -2.07. The molecule has 0 amide bonds. The van der Waals surface area contributed by atoms with Crippen molar-refractivity contribution in [3.63, 3.8) is 0 Å². The summed E-state index contributed by atoms with van der Waals surface area (Å²) in [4.78, 5) is 13.1. The van der Waals surface area contributed by atoms with E-state index in [1.807, 2.05) is 18.2 Å². The Labute approximate surface area is 136 Å². The van der Waals surface area contributed by atoms with Crippen LogP contribution in [0.2, 0.25) is 0 Å². The minimum Gasteiger partial charge on any atom is -0.369 e. The predicted molar refractivity (Wildman–Crippen MR) is 91.4 cm³/mol. The van der Waals surface area contributed by atoms with Crippen LogP contribution in [0.4, 0.5) is 5.82 Å². The van der Waals surface area contributed by atoms with E-state index in [2.05, 4.69) is 43.0 Å². The normalized spacial score (nSPS) is 11.0. The Morgan fingerprint density at radius 2 is 2.04 bits per heavy atom. The number of fused-ring (bicyclic) bond motifs is 1. The fourth-order valence-electron chi connectivity index (χ4n) is 2.35. The van der Waals surface area contributed by atoms with E-state index in [0.29, 0.717) is 0 Å². The quantitative estimate of drug-likeness (QED) is 0.590. The fourth-order valence-corrected chi connectivity index (χ4v) is 3.21. The van der Waals surface area contributed by atoms with E-state index in [0.717, 1.165) is 46.1 Å². The molecule has 3 heterocycles. The van der Waals surface area contributed by atoms with E-state index in [1.54, 1.807) is 17.5 Å². The van der Waals surface area contributed by atoms with Gasteiger partial charge in [-0.25, -0.2) is 15.0 Å². The molecule has 0 fully saturated rings. The summed E-state index contributed by atoms with van der Waals surface area (Å²) in [6.45, 7) is 0.759. The van der Waals surface area contributed by atoms with Crippen LogP contribution in [0.15, 0.2) is 48.2 Å². The zero-order chi connectivity index (χ0) is 15.5. The molecule has 7 heteroatoms. The van der Waals surface area contributed by atoms with E-state index in [9.17, 15) is 0 Å². The molecule has 0 spiro atoms. The van der Waals surface area contributed by atoms with Crippen molar-refractivity contribution in [1.29, 1.82) is 0 Å². The van der Waals surface area contributed by atoms with Gasteiger partial charge in [-0.1, -0.05) is 30.3 Å². The molecule has 114 valence electrons. The highest BCUT2D eigenvalue weighted by atomic mass is 32.1. The maximum Gasteiger partial charge on any atom is 0.160 e. The average molecular weight is 322 g/mol. The van der Waals surface area contributed by atoms with Gasteiger partial charge in [0, 0.05) is 23.9 Å². The number of nitrogens with zero attached hydrogens (tertiary/aromatic N) is 4. The van der Waals surface area contributed by atoms with Crippen LogP contribution in [0.3, 0.4) is 0 Å². The van der Waals surface area contributed by atoms with Crippen LogP contribution in [0.1, 0.15) is 5.69 Å². The first-order valence-corrected chi connectivity index (χ1v) is 8.16. The standard InChI is InChI=1S/C16H14N6S/c1-2-4-11(5-3-1)16-21-12(9-23-16)6-7-17-14-13-8-20-22-15(13)19-10-18-14/h1-5,8-10H,6-7H2,(H2,17,18,19,20,22). The number of thiazole rings is 1. The number of rotatable bonds is 5. The van der Waals surface area contributed by atoms with Gasteiger partial charge in [0.2, 0.25) is 0 Å². The van der Waals surface area contributed by atoms with E-state index < -0.39 is 0 Å². The zero-order valence-electron chi connectivity index (χ0n) is 12.2. The van der Waals surface area contributed by atoms with Crippen molar-refractivity contribution in [1.82, 2.24) is 25.1 Å². The number of anilines is 1. The third-order valence-corrected chi connectivity index (χ3v) is 4.43. The SMILES string of the molecule is c1ccc(-c2nc(CCNc3ncnc4[nH]ncc34)cs2)cc1. The van der Waals surface area contributed by atoms with Crippen molar-refractivity contribution >= 4 is 28.2 Å². The molecular formula is C16H14N6S. The second kappa shape index (κ2) is 6.13. The first-order valence-electron chi connectivity index (χ1n) is 7.28. The fraction of sp³-hybridized carbons (Fsp3) is 0.125. The minimum atomic E-state index is 0.738. The molecule has 1 aromatic carbocycles. The second-order valence-electron chi connectivity index (χ2n) is 5.04. The lowest BCUT2D eigenvalue weighted by Gasteiger charge is -2.04. The average Bonchev–Trinajstić information content (AvgIpc) is 3.25. The first kappa shape index (κ1) is 13.8. The highest BCUT2D eigenvalue weighted by Gasteiger charge is 2.06. The molecule has 0 radical (unpaired) electrons. The summed E-state index contributed by atoms with van der Waals surface area (Å²) in [5.41, 5.74) is 2.98. The van der Waals surface area contributed by atoms with Gasteiger partial charge in [0.05, 0.1) is 17.3 Å². The molecule has 0 atom stereocenters. The molecule has 4 rings (SSSR count). The van der Waals surface area contributed by atoms with Gasteiger partial charge >= 0.3 is 0 Å². The summed E-state index contributed by atoms with van der Waals surface area (Å²) in [6, 6.07) is 10.2. The van der Waals surface area contributed by atoms with E-state index in [4.69, 9.17) is 4.98 Å². The molecule has 6 nitrogen and oxygen atoms in total. The predicted octanol–water partition coefficient (Wildman–Crippen LogP) is 3.13. The van der Waals surface area contributed by atoms with E-state index in [-0.39, 0.29) is 0 Å². The van der Waals surface area contributed by atoms with Gasteiger partial charge < -0.3 is 5.32 Å². The number of benzene rings is 1. The van der Waals surface area contributed by atoms with Crippen molar-refractivity contribution in [2.45, 2.75) is 6.42 Å². The smallest absolute Gasteiger partial charge is 0.160 e. The van der Waals surface area contributed by atoms with Gasteiger partial charge in [-0.3, -0.25) is 5.10 Å². The molecule has 0 unspecified atom stereocenters. The first-order chi connectivity index (χ1) is 11.4. The summed E-state index contributed by atoms with van der Waals surface area (Å²) in [6.07, 6.45) is 4.10. The van der Waals surface area contributed by atoms with Crippen molar-refractivity contribution in [2.24, 2.45) is 0 Å². The maximum absolute atomic E-state index is 4.69. The Bertz CT molecular complexity index is 914. The number of hydrogen-bond acceptors (Lipinski definition) is 6. The molecule has 0 bridgehead atoms. The summed E-state index contributed by atoms with van der Waals surface area (Å²) in [7, 11) is 0. The number of H-pyrrole nitrogens is 1. The van der Waals surface area contributed by atoms with Crippen LogP contribution < -0.4 is 5.32 Å². The van der Waals surface area contributed by atoms with Gasteiger partial charge in [-0.15, -0.1) is 11.3 Å². The Balaban J connectivity index is 1.42. The van der Waals surface area contributed by atoms with Crippen LogP contribution in [-0.2, 0) is 6.42 Å². The molecule has 0 aliphatic carbocycles. The van der Waals surface area contributed by atoms with Gasteiger partial charge in [0.15, 0.2) is 5.65 Å². The number of hydrogen-bond donors (Lipinski definition) is 2. The lowest BCUT2D eigenvalue weighted by atomic mass is 10.2. The largest absolute Gasteiger partial charge is 0.369 e. The third kappa shape index (κ3) is 2.91. The lowest BCUT2D eigenvalue weighted by molar-refractivity contribution is 0.969. The topological polar surface area (TPSA) is 79.4 Å². The maximum atomic E-state index is 4.69. The second-order valence-corrected chi connectivity index (χ2v) is 5.90. The van der Waals surface area contributed by atoms with E-state index in [1.165, 1.54) is 6.33 Å². The number of aromatic amines is 1. The molecule has 2 N–H and O–H groups in total. The van der Waals surface area contributed by atoms with Crippen LogP contribution in [0, 0.1) is 0 Å². The highest BCUT2D eigenvalue weighted by molar-refractivity contribution is 7.13. The van der Waals surface area contributed by atoms with Crippen LogP contribution in [-0.4, -0.2) is 31.7 Å². The Hall–Kier alpha value is -2.80. The van der Waals surface area contributed by atoms with Crippen LogP contribution in [0.25, 0.3) is 21.6 Å². The van der Waals surface area contributed by atoms with Gasteiger partial charge in [-0.05, 0) is 0 Å². The summed E-state index contributed by atoms with van der Waals surface area (Å²) < 4.78 is 0. The third-order valence-electron chi connectivity index (χ3n) is 3.49. The molecule has 3 aromatic heterocycles. The Kier molecular flexibility index (Phi) is 3.69. The van der Waals surface area contributed by atoms with Crippen LogP contribution >= 0.6 is 11.3 Å². The molecule has 23 heavy (non-hydrogen) atoms. The van der Waals surface area contributed by atoms with Gasteiger partial charge in [0.25, 0.3) is 0 Å².